The van der Waals surface area contributed by atoms with E-state index in [0.29, 0.717) is 62.8 Å². The Balaban J connectivity index is 1.43. The highest BCUT2D eigenvalue weighted by molar-refractivity contribution is 6.39. The summed E-state index contributed by atoms with van der Waals surface area (Å²) < 4.78 is 7.36. The number of carbonyl (C=O) groups is 2. The molecule has 212 valence electrons. The fourth-order valence-electron chi connectivity index (χ4n) is 4.87. The minimum absolute atomic E-state index is 0.165. The number of anilines is 1. The Morgan fingerprint density at radius 2 is 1.95 bits per heavy atom. The van der Waals surface area contributed by atoms with Crippen LogP contribution in [0.3, 0.4) is 0 Å². The fraction of sp³-hybridized carbons (Fsp3) is 0.241. The number of carboxylic acids is 1. The van der Waals surface area contributed by atoms with E-state index in [1.54, 1.807) is 37.6 Å². The van der Waals surface area contributed by atoms with Crippen molar-refractivity contribution in [2.75, 3.05) is 25.5 Å². The second-order valence-corrected chi connectivity index (χ2v) is 10.2. The highest BCUT2D eigenvalue weighted by Gasteiger charge is 2.23. The smallest absolute Gasteiger partial charge is 0.317 e. The molecular weight excluding hydrogens is 567 g/mol. The van der Waals surface area contributed by atoms with E-state index in [-0.39, 0.29) is 12.5 Å². The van der Waals surface area contributed by atoms with Crippen LogP contribution in [0.1, 0.15) is 27.6 Å². The number of carboxylic acid groups (broad SMARTS) is 1. The zero-order valence-corrected chi connectivity index (χ0v) is 23.9. The number of benzene rings is 2. The Labute approximate surface area is 246 Å². The molecule has 2 aromatic heterocycles. The fourth-order valence-corrected chi connectivity index (χ4v) is 5.47. The van der Waals surface area contributed by atoms with Crippen molar-refractivity contribution >= 4 is 40.8 Å². The Bertz CT molecular complexity index is 1640. The minimum atomic E-state index is -0.941. The largest absolute Gasteiger partial charge is 0.496 e. The molecule has 4 N–H and O–H groups in total. The highest BCUT2D eigenvalue weighted by Crippen LogP contribution is 2.41. The first kappa shape index (κ1) is 28.6. The number of pyridine rings is 1. The molecule has 0 atom stereocenters. The van der Waals surface area contributed by atoms with Crippen molar-refractivity contribution < 1.29 is 19.4 Å². The number of imidazole rings is 1. The van der Waals surface area contributed by atoms with Crippen molar-refractivity contribution in [2.24, 2.45) is 7.05 Å². The van der Waals surface area contributed by atoms with Crippen LogP contribution >= 0.6 is 23.2 Å². The number of aromatic nitrogens is 3. The van der Waals surface area contributed by atoms with E-state index < -0.39 is 5.97 Å². The first-order valence-corrected chi connectivity index (χ1v) is 13.6. The summed E-state index contributed by atoms with van der Waals surface area (Å²) in [7, 11) is 3.39. The SMILES string of the molecule is COc1cc(-c2nccc(-c3cccc(NC(=O)c4nc5c(n4C)CCNC5)c3Cl)c2Cl)ccc1CNCC(=O)O. The Kier molecular flexibility index (Phi) is 8.55. The molecule has 12 heteroatoms. The number of fused-ring (bicyclic) bond motifs is 1. The van der Waals surface area contributed by atoms with Gasteiger partial charge in [0.05, 0.1) is 40.8 Å². The van der Waals surface area contributed by atoms with Gasteiger partial charge in [-0.2, -0.15) is 0 Å². The monoisotopic (exact) mass is 594 g/mol. The summed E-state index contributed by atoms with van der Waals surface area (Å²) in [6.45, 7) is 1.63. The molecule has 0 aliphatic carbocycles. The normalized spacial score (nSPS) is 12.6. The average Bonchev–Trinajstić information content (AvgIpc) is 3.31. The summed E-state index contributed by atoms with van der Waals surface area (Å²) in [4.78, 5) is 33.1. The lowest BCUT2D eigenvalue weighted by Gasteiger charge is -2.15. The van der Waals surface area contributed by atoms with E-state index in [0.717, 1.165) is 29.9 Å². The number of rotatable bonds is 9. The van der Waals surface area contributed by atoms with Gasteiger partial charge in [-0.05, 0) is 18.2 Å². The molecule has 1 aliphatic rings. The van der Waals surface area contributed by atoms with Gasteiger partial charge in [-0.1, -0.05) is 47.5 Å². The predicted octanol–water partition coefficient (Wildman–Crippen LogP) is 4.54. The number of methoxy groups -OCH3 is 1. The van der Waals surface area contributed by atoms with E-state index in [1.807, 2.05) is 29.8 Å². The number of amides is 1. The zero-order chi connectivity index (χ0) is 29.1. The molecule has 0 bridgehead atoms. The second-order valence-electron chi connectivity index (χ2n) is 9.48. The van der Waals surface area contributed by atoms with E-state index in [9.17, 15) is 9.59 Å². The molecular formula is C29H28Cl2N6O4. The van der Waals surface area contributed by atoms with Gasteiger partial charge in [0.25, 0.3) is 5.91 Å². The van der Waals surface area contributed by atoms with Crippen LogP contribution in [0.2, 0.25) is 10.0 Å². The second kappa shape index (κ2) is 12.3. The van der Waals surface area contributed by atoms with Crippen LogP contribution in [0, 0.1) is 0 Å². The number of nitrogens with zero attached hydrogens (tertiary/aromatic N) is 3. The quantitative estimate of drug-likeness (QED) is 0.222. The first-order valence-electron chi connectivity index (χ1n) is 12.9. The van der Waals surface area contributed by atoms with Crippen LogP contribution in [-0.2, 0) is 31.4 Å². The first-order chi connectivity index (χ1) is 19.8. The number of ether oxygens (including phenoxy) is 1. The van der Waals surface area contributed by atoms with Crippen molar-refractivity contribution in [1.29, 1.82) is 0 Å². The van der Waals surface area contributed by atoms with Crippen LogP contribution < -0.4 is 20.7 Å². The van der Waals surface area contributed by atoms with Gasteiger partial charge in [-0.3, -0.25) is 14.6 Å². The van der Waals surface area contributed by atoms with Crippen molar-refractivity contribution in [3.63, 3.8) is 0 Å². The number of nitrogens with one attached hydrogen (secondary N) is 3. The number of carbonyl (C=O) groups excluding carboxylic acids is 1. The van der Waals surface area contributed by atoms with Gasteiger partial charge in [-0.25, -0.2) is 4.98 Å². The highest BCUT2D eigenvalue weighted by atomic mass is 35.5. The number of hydrogen-bond donors (Lipinski definition) is 4. The Hall–Kier alpha value is -3.96. The van der Waals surface area contributed by atoms with E-state index in [2.05, 4.69) is 25.9 Å². The van der Waals surface area contributed by atoms with Crippen LogP contribution in [0.4, 0.5) is 5.69 Å². The molecule has 0 spiro atoms. The number of aliphatic carboxylic acids is 1. The maximum Gasteiger partial charge on any atom is 0.317 e. The maximum absolute atomic E-state index is 13.2. The maximum atomic E-state index is 13.2. The average molecular weight is 595 g/mol. The van der Waals surface area contributed by atoms with Crippen LogP contribution in [0.15, 0.2) is 48.7 Å². The Morgan fingerprint density at radius 1 is 1.15 bits per heavy atom. The molecule has 0 saturated heterocycles. The van der Waals surface area contributed by atoms with Crippen LogP contribution in [-0.4, -0.2) is 51.7 Å². The molecule has 10 nitrogen and oxygen atoms in total. The van der Waals surface area contributed by atoms with Gasteiger partial charge in [0.15, 0.2) is 5.82 Å². The van der Waals surface area contributed by atoms with Gasteiger partial charge >= 0.3 is 5.97 Å². The summed E-state index contributed by atoms with van der Waals surface area (Å²) in [6, 6.07) is 12.6. The molecule has 3 heterocycles. The minimum Gasteiger partial charge on any atom is -0.496 e. The summed E-state index contributed by atoms with van der Waals surface area (Å²) in [5.74, 6) is -0.408. The lowest BCUT2D eigenvalue weighted by molar-refractivity contribution is -0.136. The van der Waals surface area contributed by atoms with Crippen molar-refractivity contribution in [3.05, 3.63) is 81.5 Å². The van der Waals surface area contributed by atoms with Crippen molar-refractivity contribution in [2.45, 2.75) is 19.5 Å². The van der Waals surface area contributed by atoms with Gasteiger partial charge in [0.2, 0.25) is 0 Å². The van der Waals surface area contributed by atoms with Gasteiger partial charge in [-0.15, -0.1) is 0 Å². The third-order valence-electron chi connectivity index (χ3n) is 6.91. The molecule has 0 unspecified atom stereocenters. The lowest BCUT2D eigenvalue weighted by atomic mass is 10.0. The molecule has 41 heavy (non-hydrogen) atoms. The van der Waals surface area contributed by atoms with Gasteiger partial charge in [0.1, 0.15) is 5.75 Å². The molecule has 1 amide bonds. The molecule has 5 rings (SSSR count). The summed E-state index contributed by atoms with van der Waals surface area (Å²) in [6.07, 6.45) is 2.45. The molecule has 0 saturated carbocycles. The molecule has 2 aromatic carbocycles. The standard InChI is InChI=1S/C29H28Cl2N6O4/c1-37-22-9-10-32-14-21(22)35-28(37)29(40)36-20-5-3-4-18(25(20)30)19-8-11-34-27(26(19)31)16-6-7-17(23(12-16)41-2)13-33-15-24(38)39/h3-8,11-12,32-33H,9-10,13-15H2,1-2H3,(H,36,40)(H,38,39). The summed E-state index contributed by atoms with van der Waals surface area (Å²) in [5.41, 5.74) is 5.65. The van der Waals surface area contributed by atoms with Gasteiger partial charge < -0.3 is 30.4 Å². The molecule has 1 aliphatic heterocycles. The Morgan fingerprint density at radius 3 is 2.71 bits per heavy atom. The molecule has 0 radical (unpaired) electrons. The number of halogens is 2. The molecule has 0 fully saturated rings. The summed E-state index contributed by atoms with van der Waals surface area (Å²) >= 11 is 13.7. The predicted molar refractivity (Wildman–Crippen MR) is 158 cm³/mol. The lowest BCUT2D eigenvalue weighted by Crippen LogP contribution is -2.24. The van der Waals surface area contributed by atoms with Gasteiger partial charge in [0, 0.05) is 67.2 Å². The van der Waals surface area contributed by atoms with E-state index >= 15 is 0 Å². The third-order valence-corrected chi connectivity index (χ3v) is 7.70. The molecule has 4 aromatic rings. The van der Waals surface area contributed by atoms with Crippen LogP contribution in [0.5, 0.6) is 5.75 Å². The van der Waals surface area contributed by atoms with Crippen LogP contribution in [0.25, 0.3) is 22.4 Å². The zero-order valence-electron chi connectivity index (χ0n) is 22.4. The van der Waals surface area contributed by atoms with Crippen molar-refractivity contribution in [3.8, 4) is 28.1 Å². The summed E-state index contributed by atoms with van der Waals surface area (Å²) in [5, 5.41) is 18.6. The van der Waals surface area contributed by atoms with Crippen molar-refractivity contribution in [1.82, 2.24) is 25.2 Å². The third kappa shape index (κ3) is 5.91. The van der Waals surface area contributed by atoms with E-state index in [1.165, 1.54) is 0 Å². The topological polar surface area (TPSA) is 130 Å². The number of hydrogen-bond acceptors (Lipinski definition) is 7. The van der Waals surface area contributed by atoms with E-state index in [4.69, 9.17) is 33.0 Å².